The fraction of sp³-hybridized carbons (Fsp3) is 0.417. The number of benzene rings is 1. The van der Waals surface area contributed by atoms with Crippen LogP contribution in [0.2, 0.25) is 0 Å². The summed E-state index contributed by atoms with van der Waals surface area (Å²) in [5.74, 6) is -0.0353. The number of hydrogen-bond donors (Lipinski definition) is 2. The molecule has 0 saturated carbocycles. The second-order valence-electron chi connectivity index (χ2n) is 4.23. The molecule has 0 aliphatic carbocycles. The van der Waals surface area contributed by atoms with Gasteiger partial charge in [0.05, 0.1) is 4.90 Å². The Morgan fingerprint density at radius 1 is 1.22 bits per heavy atom. The van der Waals surface area contributed by atoms with Crippen LogP contribution >= 0.6 is 0 Å². The lowest BCUT2D eigenvalue weighted by Gasteiger charge is -2.09. The van der Waals surface area contributed by atoms with Gasteiger partial charge < -0.3 is 0 Å². The van der Waals surface area contributed by atoms with Gasteiger partial charge in [-0.1, -0.05) is 32.9 Å². The minimum absolute atomic E-state index is 0.128. The van der Waals surface area contributed by atoms with Crippen LogP contribution in [0.25, 0.3) is 0 Å². The number of hydrogen-bond acceptors (Lipinski definition) is 3. The van der Waals surface area contributed by atoms with Crippen LogP contribution in [0, 0.1) is 0 Å². The molecule has 0 radical (unpaired) electrons. The van der Waals surface area contributed by atoms with Crippen LogP contribution in [0.15, 0.2) is 29.2 Å². The number of nitrogens with one attached hydrogen (secondary N) is 2. The maximum absolute atomic E-state index is 11.8. The summed E-state index contributed by atoms with van der Waals surface area (Å²) in [6, 6.07) is 6.58. The van der Waals surface area contributed by atoms with Crippen LogP contribution in [0.5, 0.6) is 0 Å². The summed E-state index contributed by atoms with van der Waals surface area (Å²) >= 11 is 0. The molecule has 0 unspecified atom stereocenters. The van der Waals surface area contributed by atoms with E-state index in [-0.39, 0.29) is 17.2 Å². The van der Waals surface area contributed by atoms with E-state index in [0.717, 1.165) is 5.56 Å². The molecule has 100 valence electrons. The van der Waals surface area contributed by atoms with Gasteiger partial charge in [-0.05, 0) is 23.6 Å². The summed E-state index contributed by atoms with van der Waals surface area (Å²) in [5, 5.41) is 0. The van der Waals surface area contributed by atoms with E-state index in [0.29, 0.717) is 5.92 Å². The van der Waals surface area contributed by atoms with Crippen molar-refractivity contribution in [2.45, 2.75) is 38.0 Å². The average molecular weight is 270 g/mol. The maximum atomic E-state index is 11.8. The Labute approximate surface area is 108 Å². The Morgan fingerprint density at radius 3 is 2.22 bits per heavy atom. The Morgan fingerprint density at radius 2 is 1.78 bits per heavy atom. The third-order valence-corrected chi connectivity index (χ3v) is 3.77. The average Bonchev–Trinajstić information content (AvgIpc) is 2.36. The first kappa shape index (κ1) is 14.7. The third kappa shape index (κ3) is 3.82. The highest BCUT2D eigenvalue weighted by Crippen LogP contribution is 2.16. The van der Waals surface area contributed by atoms with Gasteiger partial charge in [0.15, 0.2) is 0 Å². The summed E-state index contributed by atoms with van der Waals surface area (Å²) in [7, 11) is -3.69. The molecular weight excluding hydrogens is 252 g/mol. The van der Waals surface area contributed by atoms with Gasteiger partial charge in [0, 0.05) is 6.42 Å². The SMILES string of the molecule is CCC(=O)NNS(=O)(=O)c1ccc(C(C)C)cc1. The molecule has 0 heterocycles. The van der Waals surface area contributed by atoms with Gasteiger partial charge in [-0.15, -0.1) is 4.83 Å². The molecule has 0 aromatic heterocycles. The molecule has 18 heavy (non-hydrogen) atoms. The van der Waals surface area contributed by atoms with Crippen LogP contribution in [0.3, 0.4) is 0 Å². The molecule has 0 fully saturated rings. The molecule has 1 amide bonds. The molecule has 1 rings (SSSR count). The van der Waals surface area contributed by atoms with Crippen LogP contribution in [0.4, 0.5) is 0 Å². The fourth-order valence-corrected chi connectivity index (χ4v) is 2.16. The molecule has 0 saturated heterocycles. The molecule has 2 N–H and O–H groups in total. The minimum atomic E-state index is -3.69. The largest absolute Gasteiger partial charge is 0.278 e. The quantitative estimate of drug-likeness (QED) is 0.797. The van der Waals surface area contributed by atoms with Crippen LogP contribution < -0.4 is 10.3 Å². The van der Waals surface area contributed by atoms with Crippen molar-refractivity contribution in [3.05, 3.63) is 29.8 Å². The van der Waals surface area contributed by atoms with Crippen LogP contribution in [0.1, 0.15) is 38.7 Å². The molecule has 6 heteroatoms. The summed E-state index contributed by atoms with van der Waals surface area (Å²) in [5.41, 5.74) is 3.19. The van der Waals surface area contributed by atoms with Crippen molar-refractivity contribution in [2.75, 3.05) is 0 Å². The number of rotatable bonds is 5. The van der Waals surface area contributed by atoms with Crippen molar-refractivity contribution in [1.82, 2.24) is 10.3 Å². The van der Waals surface area contributed by atoms with Gasteiger partial charge in [0.1, 0.15) is 0 Å². The number of sulfonamides is 1. The van der Waals surface area contributed by atoms with Crippen molar-refractivity contribution in [2.24, 2.45) is 0 Å². The second-order valence-corrected chi connectivity index (χ2v) is 5.91. The summed E-state index contributed by atoms with van der Waals surface area (Å²) < 4.78 is 23.6. The molecule has 1 aromatic carbocycles. The first-order valence-corrected chi connectivity index (χ1v) is 7.25. The molecule has 0 bridgehead atoms. The standard InChI is InChI=1S/C12H18N2O3S/c1-4-12(15)13-14-18(16,17)11-7-5-10(6-8-11)9(2)3/h5-9,14H,4H2,1-3H3,(H,13,15). The first-order chi connectivity index (χ1) is 8.36. The van der Waals surface area contributed by atoms with Gasteiger partial charge in [-0.2, -0.15) is 0 Å². The van der Waals surface area contributed by atoms with Gasteiger partial charge in [-0.3, -0.25) is 10.2 Å². The van der Waals surface area contributed by atoms with E-state index in [9.17, 15) is 13.2 Å². The monoisotopic (exact) mass is 270 g/mol. The highest BCUT2D eigenvalue weighted by Gasteiger charge is 2.14. The first-order valence-electron chi connectivity index (χ1n) is 5.77. The third-order valence-electron chi connectivity index (χ3n) is 2.50. The highest BCUT2D eigenvalue weighted by atomic mass is 32.2. The van der Waals surface area contributed by atoms with Gasteiger partial charge >= 0.3 is 0 Å². The van der Waals surface area contributed by atoms with Crippen LogP contribution in [-0.4, -0.2) is 14.3 Å². The molecule has 0 aliphatic rings. The van der Waals surface area contributed by atoms with E-state index in [4.69, 9.17) is 0 Å². The lowest BCUT2D eigenvalue weighted by molar-refractivity contribution is -0.121. The smallest absolute Gasteiger partial charge is 0.257 e. The molecular formula is C12H18N2O3S. The van der Waals surface area contributed by atoms with Crippen molar-refractivity contribution >= 4 is 15.9 Å². The topological polar surface area (TPSA) is 75.3 Å². The van der Waals surface area contributed by atoms with Crippen molar-refractivity contribution in [3.8, 4) is 0 Å². The number of carbonyl (C=O) groups excluding carboxylic acids is 1. The summed E-state index contributed by atoms with van der Waals surface area (Å²) in [4.78, 5) is 13.2. The predicted molar refractivity (Wildman–Crippen MR) is 69.3 cm³/mol. The lowest BCUT2D eigenvalue weighted by Crippen LogP contribution is -2.41. The summed E-state index contributed by atoms with van der Waals surface area (Å²) in [6.45, 7) is 5.70. The van der Waals surface area contributed by atoms with Gasteiger partial charge in [-0.25, -0.2) is 8.42 Å². The van der Waals surface area contributed by atoms with Crippen molar-refractivity contribution < 1.29 is 13.2 Å². The molecule has 0 spiro atoms. The van der Waals surface area contributed by atoms with E-state index in [1.165, 1.54) is 12.1 Å². The second kappa shape index (κ2) is 5.97. The number of carbonyl (C=O) groups is 1. The van der Waals surface area contributed by atoms with Gasteiger partial charge in [0.25, 0.3) is 10.0 Å². The number of amides is 1. The zero-order chi connectivity index (χ0) is 13.8. The maximum Gasteiger partial charge on any atom is 0.257 e. The Bertz CT molecular complexity index is 507. The highest BCUT2D eigenvalue weighted by molar-refractivity contribution is 7.89. The van der Waals surface area contributed by atoms with Crippen LogP contribution in [-0.2, 0) is 14.8 Å². The minimum Gasteiger partial charge on any atom is -0.278 e. The van der Waals surface area contributed by atoms with E-state index in [1.807, 2.05) is 18.7 Å². The van der Waals surface area contributed by atoms with Crippen molar-refractivity contribution in [3.63, 3.8) is 0 Å². The van der Waals surface area contributed by atoms with Crippen molar-refractivity contribution in [1.29, 1.82) is 0 Å². The van der Waals surface area contributed by atoms with E-state index >= 15 is 0 Å². The Hall–Kier alpha value is -1.40. The van der Waals surface area contributed by atoms with Gasteiger partial charge in [0.2, 0.25) is 5.91 Å². The predicted octanol–water partition coefficient (Wildman–Crippen LogP) is 1.53. The summed E-state index contributed by atoms with van der Waals surface area (Å²) in [6.07, 6.45) is 0.217. The van der Waals surface area contributed by atoms with E-state index in [1.54, 1.807) is 19.1 Å². The zero-order valence-electron chi connectivity index (χ0n) is 10.7. The lowest BCUT2D eigenvalue weighted by atomic mass is 10.0. The molecule has 0 aliphatic heterocycles. The number of hydrazine groups is 1. The fourth-order valence-electron chi connectivity index (χ4n) is 1.30. The Balaban J connectivity index is 2.82. The molecule has 1 aromatic rings. The zero-order valence-corrected chi connectivity index (χ0v) is 11.5. The van der Waals surface area contributed by atoms with E-state index in [2.05, 4.69) is 5.43 Å². The van der Waals surface area contributed by atoms with E-state index < -0.39 is 10.0 Å². The Kier molecular flexibility index (Phi) is 4.86. The normalized spacial score (nSPS) is 11.6. The molecule has 5 nitrogen and oxygen atoms in total. The molecule has 0 atom stereocenters.